The van der Waals surface area contributed by atoms with Gasteiger partial charge in [0, 0.05) is 36.2 Å². The van der Waals surface area contributed by atoms with E-state index in [0.29, 0.717) is 6.10 Å². The van der Waals surface area contributed by atoms with Gasteiger partial charge in [-0.15, -0.1) is 0 Å². The van der Waals surface area contributed by atoms with Crippen molar-refractivity contribution in [1.82, 2.24) is 10.2 Å². The van der Waals surface area contributed by atoms with Gasteiger partial charge in [-0.1, -0.05) is 0 Å². The molecule has 0 aromatic rings. The molecule has 2 fully saturated rings. The predicted octanol–water partition coefficient (Wildman–Crippen LogP) is 2.87. The van der Waals surface area contributed by atoms with Crippen molar-refractivity contribution in [3.63, 3.8) is 0 Å². The minimum Gasteiger partial charge on any atom is -0.378 e. The number of rotatable bonds is 4. The van der Waals surface area contributed by atoms with Crippen LogP contribution in [0.4, 0.5) is 4.79 Å². The van der Waals surface area contributed by atoms with Crippen LogP contribution in [0.3, 0.4) is 0 Å². The Kier molecular flexibility index (Phi) is 5.61. The first-order valence-electron chi connectivity index (χ1n) is 7.77. The standard InChI is InChI=1S/C15H28N2O2S/c1-12(6-7-13-5-4-9-19-13)16-14(18)17-8-10-20-15(2,3)11-17/h12-13H,4-11H2,1-3H3,(H,16,18)/t12-,13-/m1/s1. The Labute approximate surface area is 127 Å². The van der Waals surface area contributed by atoms with Crippen LogP contribution < -0.4 is 5.32 Å². The van der Waals surface area contributed by atoms with Gasteiger partial charge in [-0.25, -0.2) is 4.79 Å². The Bertz CT molecular complexity index is 330. The summed E-state index contributed by atoms with van der Waals surface area (Å²) in [6.45, 7) is 9.11. The molecular weight excluding hydrogens is 272 g/mol. The molecule has 2 saturated heterocycles. The Balaban J connectivity index is 1.70. The van der Waals surface area contributed by atoms with Crippen LogP contribution >= 0.6 is 11.8 Å². The summed E-state index contributed by atoms with van der Waals surface area (Å²) in [5.74, 6) is 1.03. The maximum absolute atomic E-state index is 12.3. The minimum atomic E-state index is 0.0956. The zero-order valence-electron chi connectivity index (χ0n) is 13.0. The van der Waals surface area contributed by atoms with E-state index in [9.17, 15) is 4.79 Å². The van der Waals surface area contributed by atoms with E-state index >= 15 is 0 Å². The molecule has 0 aromatic carbocycles. The highest BCUT2D eigenvalue weighted by Gasteiger charge is 2.30. The SMILES string of the molecule is C[C@H](CC[C@H]1CCCO1)NC(=O)N1CCSC(C)(C)C1. The first kappa shape index (κ1) is 16.0. The molecule has 2 rings (SSSR count). The lowest BCUT2D eigenvalue weighted by atomic mass is 10.1. The third-order valence-electron chi connectivity index (χ3n) is 4.03. The topological polar surface area (TPSA) is 41.6 Å². The average Bonchev–Trinajstić information content (AvgIpc) is 2.88. The number of nitrogens with one attached hydrogen (secondary N) is 1. The molecule has 4 nitrogen and oxygen atoms in total. The molecule has 0 aliphatic carbocycles. The van der Waals surface area contributed by atoms with Gasteiger partial charge >= 0.3 is 6.03 Å². The van der Waals surface area contributed by atoms with Crippen molar-refractivity contribution in [2.45, 2.75) is 63.3 Å². The second-order valence-corrected chi connectivity index (χ2v) is 8.39. The van der Waals surface area contributed by atoms with Gasteiger partial charge in [0.25, 0.3) is 0 Å². The Morgan fingerprint density at radius 3 is 3.00 bits per heavy atom. The summed E-state index contributed by atoms with van der Waals surface area (Å²) >= 11 is 1.95. The zero-order chi connectivity index (χ0) is 14.6. The summed E-state index contributed by atoms with van der Waals surface area (Å²) in [5.41, 5.74) is 0. The number of hydrogen-bond acceptors (Lipinski definition) is 3. The number of hydrogen-bond donors (Lipinski definition) is 1. The Hall–Kier alpha value is -0.420. The van der Waals surface area contributed by atoms with Gasteiger partial charge in [0.2, 0.25) is 0 Å². The summed E-state index contributed by atoms with van der Waals surface area (Å²) in [6, 6.07) is 0.322. The van der Waals surface area contributed by atoms with Crippen LogP contribution in [0.5, 0.6) is 0 Å². The van der Waals surface area contributed by atoms with E-state index in [-0.39, 0.29) is 16.8 Å². The number of ether oxygens (including phenoxy) is 1. The second kappa shape index (κ2) is 7.03. The lowest BCUT2D eigenvalue weighted by Crippen LogP contribution is -2.51. The van der Waals surface area contributed by atoms with Crippen LogP contribution in [0.15, 0.2) is 0 Å². The largest absolute Gasteiger partial charge is 0.378 e. The highest BCUT2D eigenvalue weighted by molar-refractivity contribution is 8.00. The molecule has 116 valence electrons. The van der Waals surface area contributed by atoms with Crippen molar-refractivity contribution in [1.29, 1.82) is 0 Å². The third kappa shape index (κ3) is 4.85. The van der Waals surface area contributed by atoms with Crippen LogP contribution in [-0.4, -0.2) is 53.3 Å². The molecule has 2 aliphatic heterocycles. The van der Waals surface area contributed by atoms with Crippen LogP contribution in [0.2, 0.25) is 0 Å². The molecule has 5 heteroatoms. The van der Waals surface area contributed by atoms with E-state index in [1.165, 1.54) is 12.8 Å². The maximum Gasteiger partial charge on any atom is 0.317 e. The predicted molar refractivity (Wildman–Crippen MR) is 84.3 cm³/mol. The van der Waals surface area contributed by atoms with Crippen molar-refractivity contribution < 1.29 is 9.53 Å². The second-order valence-electron chi connectivity index (χ2n) is 6.59. The lowest BCUT2D eigenvalue weighted by molar-refractivity contribution is 0.0999. The number of carbonyl (C=O) groups excluding carboxylic acids is 1. The van der Waals surface area contributed by atoms with Crippen molar-refractivity contribution in [2.24, 2.45) is 0 Å². The maximum atomic E-state index is 12.3. The van der Waals surface area contributed by atoms with Gasteiger partial charge in [0.1, 0.15) is 0 Å². The number of urea groups is 1. The lowest BCUT2D eigenvalue weighted by Gasteiger charge is -2.38. The number of carbonyl (C=O) groups is 1. The monoisotopic (exact) mass is 300 g/mol. The molecule has 20 heavy (non-hydrogen) atoms. The first-order valence-corrected chi connectivity index (χ1v) is 8.76. The van der Waals surface area contributed by atoms with Gasteiger partial charge in [-0.2, -0.15) is 11.8 Å². The molecule has 1 N–H and O–H groups in total. The fourth-order valence-electron chi connectivity index (χ4n) is 2.87. The van der Waals surface area contributed by atoms with E-state index in [4.69, 9.17) is 4.74 Å². The van der Waals surface area contributed by atoms with E-state index < -0.39 is 0 Å². The summed E-state index contributed by atoms with van der Waals surface area (Å²) in [4.78, 5) is 14.2. The fourth-order valence-corrected chi connectivity index (χ4v) is 3.98. The van der Waals surface area contributed by atoms with Crippen LogP contribution in [0, 0.1) is 0 Å². The Morgan fingerprint density at radius 1 is 1.55 bits per heavy atom. The highest BCUT2D eigenvalue weighted by Crippen LogP contribution is 2.29. The van der Waals surface area contributed by atoms with Crippen molar-refractivity contribution >= 4 is 17.8 Å². The number of nitrogens with zero attached hydrogens (tertiary/aromatic N) is 1. The molecule has 0 aromatic heterocycles. The van der Waals surface area contributed by atoms with Gasteiger partial charge < -0.3 is 15.0 Å². The Morgan fingerprint density at radius 2 is 2.35 bits per heavy atom. The smallest absolute Gasteiger partial charge is 0.317 e. The molecule has 2 amide bonds. The normalized spacial score (nSPS) is 27.4. The molecule has 2 aliphatic rings. The molecule has 0 spiro atoms. The van der Waals surface area contributed by atoms with Crippen LogP contribution in [-0.2, 0) is 4.74 Å². The quantitative estimate of drug-likeness (QED) is 0.868. The highest BCUT2D eigenvalue weighted by atomic mass is 32.2. The van der Waals surface area contributed by atoms with E-state index in [2.05, 4.69) is 26.1 Å². The third-order valence-corrected chi connectivity index (χ3v) is 5.33. The van der Waals surface area contributed by atoms with Crippen molar-refractivity contribution in [3.8, 4) is 0 Å². The van der Waals surface area contributed by atoms with Gasteiger partial charge in [-0.3, -0.25) is 0 Å². The van der Waals surface area contributed by atoms with Crippen LogP contribution in [0.25, 0.3) is 0 Å². The van der Waals surface area contributed by atoms with Gasteiger partial charge in [-0.05, 0) is 46.5 Å². The number of amides is 2. The fraction of sp³-hybridized carbons (Fsp3) is 0.933. The molecule has 0 bridgehead atoms. The van der Waals surface area contributed by atoms with Crippen molar-refractivity contribution in [3.05, 3.63) is 0 Å². The van der Waals surface area contributed by atoms with Crippen molar-refractivity contribution in [2.75, 3.05) is 25.4 Å². The molecule has 0 unspecified atom stereocenters. The van der Waals surface area contributed by atoms with E-state index in [1.54, 1.807) is 0 Å². The molecule has 2 atom stereocenters. The summed E-state index contributed by atoms with van der Waals surface area (Å²) in [7, 11) is 0. The summed E-state index contributed by atoms with van der Waals surface area (Å²) < 4.78 is 5.80. The average molecular weight is 300 g/mol. The number of thioether (sulfide) groups is 1. The van der Waals surface area contributed by atoms with Gasteiger partial charge in [0.15, 0.2) is 0 Å². The summed E-state index contributed by atoms with van der Waals surface area (Å²) in [6.07, 6.45) is 4.84. The van der Waals surface area contributed by atoms with E-state index in [0.717, 1.165) is 38.3 Å². The molecular formula is C15H28N2O2S. The minimum absolute atomic E-state index is 0.0956. The van der Waals surface area contributed by atoms with Gasteiger partial charge in [0.05, 0.1) is 6.10 Å². The molecule has 2 heterocycles. The summed E-state index contributed by atoms with van der Waals surface area (Å²) in [5, 5.41) is 3.13. The zero-order valence-corrected chi connectivity index (χ0v) is 13.8. The van der Waals surface area contributed by atoms with E-state index in [1.807, 2.05) is 16.7 Å². The first-order chi connectivity index (χ1) is 9.46. The molecule has 0 saturated carbocycles. The van der Waals surface area contributed by atoms with Crippen LogP contribution in [0.1, 0.15) is 46.5 Å². The molecule has 0 radical (unpaired) electrons.